The number of hydrogen-bond donors (Lipinski definition) is 2. The third-order valence-electron chi connectivity index (χ3n) is 1.78. The third-order valence-corrected chi connectivity index (χ3v) is 1.78. The zero-order valence-corrected chi connectivity index (χ0v) is 8.53. The Hall–Kier alpha value is -2.30. The monoisotopic (exact) mass is 214 g/mol. The summed E-state index contributed by atoms with van der Waals surface area (Å²) >= 11 is 0. The summed E-state index contributed by atoms with van der Waals surface area (Å²) in [6.45, 7) is 0.0543. The van der Waals surface area contributed by atoms with Gasteiger partial charge < -0.3 is 10.4 Å². The molecule has 0 aliphatic carbocycles. The number of carbonyl (C=O) groups is 1. The first kappa shape index (κ1) is 11.8. The highest BCUT2D eigenvalue weighted by molar-refractivity contribution is 5.94. The van der Waals surface area contributed by atoms with E-state index in [-0.39, 0.29) is 19.1 Å². The minimum Gasteiger partial charge on any atom is -0.395 e. The Bertz CT molecular complexity index is 449. The van der Waals surface area contributed by atoms with Crippen LogP contribution in [-0.2, 0) is 0 Å². The van der Waals surface area contributed by atoms with Gasteiger partial charge in [0.15, 0.2) is 0 Å². The largest absolute Gasteiger partial charge is 0.395 e. The number of aromatic nitrogens is 1. The van der Waals surface area contributed by atoms with Crippen LogP contribution in [0.5, 0.6) is 0 Å². The summed E-state index contributed by atoms with van der Waals surface area (Å²) in [6, 6.07) is 2.93. The minimum absolute atomic E-state index is 0.124. The second-order valence-corrected chi connectivity index (χ2v) is 2.89. The van der Waals surface area contributed by atoms with Crippen molar-refractivity contribution in [1.29, 1.82) is 0 Å². The average molecular weight is 214 g/mol. The zero-order valence-electron chi connectivity index (χ0n) is 8.53. The predicted octanol–water partition coefficient (Wildman–Crippen LogP) is -0.234. The Balaban J connectivity index is 3.01. The van der Waals surface area contributed by atoms with Crippen LogP contribution < -0.4 is 5.32 Å². The van der Waals surface area contributed by atoms with Gasteiger partial charge in [0, 0.05) is 12.1 Å². The van der Waals surface area contributed by atoms with Gasteiger partial charge in [-0.1, -0.05) is 11.8 Å². The Labute approximate surface area is 93.7 Å². The highest BCUT2D eigenvalue weighted by atomic mass is 16.3. The Morgan fingerprint density at radius 3 is 2.38 bits per heavy atom. The van der Waals surface area contributed by atoms with Crippen molar-refractivity contribution in [1.82, 2.24) is 10.3 Å². The summed E-state index contributed by atoms with van der Waals surface area (Å²) in [5, 5.41) is 11.1. The SMILES string of the molecule is C#Cc1cc(C(=O)NCCO)cc(C#C)n1. The molecular formula is C12H10N2O2. The van der Waals surface area contributed by atoms with Crippen LogP contribution in [0, 0.1) is 24.7 Å². The van der Waals surface area contributed by atoms with Crippen molar-refractivity contribution < 1.29 is 9.90 Å². The van der Waals surface area contributed by atoms with E-state index in [9.17, 15) is 4.79 Å². The van der Waals surface area contributed by atoms with E-state index < -0.39 is 0 Å². The lowest BCUT2D eigenvalue weighted by atomic mass is 10.2. The van der Waals surface area contributed by atoms with Gasteiger partial charge in [0.1, 0.15) is 11.4 Å². The first-order chi connectivity index (χ1) is 7.71. The molecule has 0 fully saturated rings. The quantitative estimate of drug-likeness (QED) is 0.683. The van der Waals surface area contributed by atoms with Gasteiger partial charge >= 0.3 is 0 Å². The third kappa shape index (κ3) is 2.84. The topological polar surface area (TPSA) is 62.2 Å². The minimum atomic E-state index is -0.343. The van der Waals surface area contributed by atoms with Gasteiger partial charge in [-0.3, -0.25) is 4.79 Å². The molecule has 0 spiro atoms. The smallest absolute Gasteiger partial charge is 0.251 e. The molecule has 0 saturated heterocycles. The van der Waals surface area contributed by atoms with E-state index in [1.54, 1.807) is 0 Å². The summed E-state index contributed by atoms with van der Waals surface area (Å²) in [6.07, 6.45) is 10.4. The molecule has 4 heteroatoms. The number of carbonyl (C=O) groups excluding carboxylic acids is 1. The van der Waals surface area contributed by atoms with Crippen molar-refractivity contribution in [2.24, 2.45) is 0 Å². The maximum Gasteiger partial charge on any atom is 0.251 e. The molecule has 1 rings (SSSR count). The number of nitrogens with zero attached hydrogens (tertiary/aromatic N) is 1. The summed E-state index contributed by atoms with van der Waals surface area (Å²) in [7, 11) is 0. The second kappa shape index (κ2) is 5.55. The molecule has 80 valence electrons. The lowest BCUT2D eigenvalue weighted by molar-refractivity contribution is 0.0944. The predicted molar refractivity (Wildman–Crippen MR) is 59.5 cm³/mol. The van der Waals surface area contributed by atoms with Gasteiger partial charge in [-0.25, -0.2) is 4.98 Å². The molecule has 1 heterocycles. The van der Waals surface area contributed by atoms with Crippen molar-refractivity contribution in [3.8, 4) is 24.7 Å². The molecule has 0 radical (unpaired) electrons. The molecule has 1 aromatic rings. The lowest BCUT2D eigenvalue weighted by Crippen LogP contribution is -2.26. The number of rotatable bonds is 3. The first-order valence-corrected chi connectivity index (χ1v) is 4.55. The van der Waals surface area contributed by atoms with Crippen LogP contribution in [0.15, 0.2) is 12.1 Å². The molecule has 4 nitrogen and oxygen atoms in total. The fourth-order valence-electron chi connectivity index (χ4n) is 1.08. The van der Waals surface area contributed by atoms with E-state index in [1.165, 1.54) is 12.1 Å². The highest BCUT2D eigenvalue weighted by Crippen LogP contribution is 2.04. The van der Waals surface area contributed by atoms with Crippen molar-refractivity contribution in [3.05, 3.63) is 29.1 Å². The standard InChI is InChI=1S/C12H10N2O2/c1-3-10-7-9(8-11(4-2)14-10)12(16)13-5-6-15/h1-2,7-8,15H,5-6H2,(H,13,16). The van der Waals surface area contributed by atoms with Crippen LogP contribution in [0.2, 0.25) is 0 Å². The van der Waals surface area contributed by atoms with Gasteiger partial charge in [-0.15, -0.1) is 12.8 Å². The van der Waals surface area contributed by atoms with E-state index >= 15 is 0 Å². The number of pyridine rings is 1. The van der Waals surface area contributed by atoms with Gasteiger partial charge in [0.05, 0.1) is 6.61 Å². The average Bonchev–Trinajstić information content (AvgIpc) is 2.35. The van der Waals surface area contributed by atoms with Crippen molar-refractivity contribution in [3.63, 3.8) is 0 Å². The van der Waals surface area contributed by atoms with E-state index in [2.05, 4.69) is 22.1 Å². The molecule has 0 aliphatic heterocycles. The number of hydrogen-bond acceptors (Lipinski definition) is 3. The van der Waals surface area contributed by atoms with E-state index in [1.807, 2.05) is 0 Å². The van der Waals surface area contributed by atoms with Gasteiger partial charge in [0.2, 0.25) is 0 Å². The number of terminal acetylenes is 2. The van der Waals surface area contributed by atoms with E-state index in [4.69, 9.17) is 18.0 Å². The molecule has 0 unspecified atom stereocenters. The van der Waals surface area contributed by atoms with Crippen LogP contribution in [0.4, 0.5) is 0 Å². The number of aliphatic hydroxyl groups is 1. The number of nitrogens with one attached hydrogen (secondary N) is 1. The maximum absolute atomic E-state index is 11.6. The van der Waals surface area contributed by atoms with E-state index in [0.29, 0.717) is 17.0 Å². The number of amides is 1. The zero-order chi connectivity index (χ0) is 12.0. The normalized spacial score (nSPS) is 8.94. The molecule has 1 aromatic heterocycles. The van der Waals surface area contributed by atoms with Gasteiger partial charge in [0.25, 0.3) is 5.91 Å². The molecular weight excluding hydrogens is 204 g/mol. The Morgan fingerprint density at radius 1 is 1.38 bits per heavy atom. The Kier molecular flexibility index (Phi) is 4.08. The molecule has 0 bridgehead atoms. The van der Waals surface area contributed by atoms with Crippen LogP contribution in [0.1, 0.15) is 21.7 Å². The van der Waals surface area contributed by atoms with Crippen LogP contribution >= 0.6 is 0 Å². The molecule has 16 heavy (non-hydrogen) atoms. The molecule has 2 N–H and O–H groups in total. The summed E-state index contributed by atoms with van der Waals surface area (Å²) in [4.78, 5) is 15.5. The van der Waals surface area contributed by atoms with Crippen molar-refractivity contribution in [2.75, 3.05) is 13.2 Å². The van der Waals surface area contributed by atoms with Crippen LogP contribution in [0.3, 0.4) is 0 Å². The molecule has 0 aromatic carbocycles. The highest BCUT2D eigenvalue weighted by Gasteiger charge is 2.07. The fourth-order valence-corrected chi connectivity index (χ4v) is 1.08. The van der Waals surface area contributed by atoms with Crippen LogP contribution in [-0.4, -0.2) is 29.1 Å². The number of aliphatic hydroxyl groups excluding tert-OH is 1. The summed E-state index contributed by atoms with van der Waals surface area (Å²) in [5.74, 6) is 4.29. The molecule has 0 saturated carbocycles. The van der Waals surface area contributed by atoms with Gasteiger partial charge in [-0.2, -0.15) is 0 Å². The summed E-state index contributed by atoms with van der Waals surface area (Å²) in [5.41, 5.74) is 0.957. The first-order valence-electron chi connectivity index (χ1n) is 4.55. The summed E-state index contributed by atoms with van der Waals surface area (Å²) < 4.78 is 0. The maximum atomic E-state index is 11.6. The van der Waals surface area contributed by atoms with Crippen molar-refractivity contribution in [2.45, 2.75) is 0 Å². The van der Waals surface area contributed by atoms with E-state index in [0.717, 1.165) is 0 Å². The van der Waals surface area contributed by atoms with Gasteiger partial charge in [-0.05, 0) is 12.1 Å². The van der Waals surface area contributed by atoms with Crippen LogP contribution in [0.25, 0.3) is 0 Å². The Morgan fingerprint density at radius 2 is 1.94 bits per heavy atom. The fraction of sp³-hybridized carbons (Fsp3) is 0.167. The molecule has 0 aliphatic rings. The molecule has 1 amide bonds. The molecule has 0 atom stereocenters. The second-order valence-electron chi connectivity index (χ2n) is 2.89. The van der Waals surface area contributed by atoms with Crippen molar-refractivity contribution >= 4 is 5.91 Å². The lowest BCUT2D eigenvalue weighted by Gasteiger charge is -2.04.